The molecule has 2 aromatic rings. The van der Waals surface area contributed by atoms with Crippen LogP contribution in [0.2, 0.25) is 0 Å². The van der Waals surface area contributed by atoms with E-state index in [0.29, 0.717) is 5.69 Å². The first-order chi connectivity index (χ1) is 8.09. The summed E-state index contributed by atoms with van der Waals surface area (Å²) in [5.41, 5.74) is 1.18. The molecule has 0 fully saturated rings. The average molecular weight is 229 g/mol. The van der Waals surface area contributed by atoms with Gasteiger partial charge in [-0.25, -0.2) is 4.98 Å². The van der Waals surface area contributed by atoms with Crippen LogP contribution in [0.4, 0.5) is 0 Å². The van der Waals surface area contributed by atoms with Gasteiger partial charge in [-0.3, -0.25) is 9.59 Å². The summed E-state index contributed by atoms with van der Waals surface area (Å²) in [6.45, 7) is 2.74. The average Bonchev–Trinajstić information content (AvgIpc) is 2.75. The van der Waals surface area contributed by atoms with Gasteiger partial charge in [0.15, 0.2) is 11.5 Å². The van der Waals surface area contributed by atoms with Gasteiger partial charge in [-0.15, -0.1) is 0 Å². The molecule has 2 rings (SSSR count). The number of nitrogens with zero attached hydrogens (tertiary/aromatic N) is 1. The van der Waals surface area contributed by atoms with Gasteiger partial charge in [0.25, 0.3) is 5.89 Å². The minimum absolute atomic E-state index is 0.0333. The van der Waals surface area contributed by atoms with Crippen molar-refractivity contribution < 1.29 is 14.0 Å². The van der Waals surface area contributed by atoms with Crippen LogP contribution in [0.3, 0.4) is 0 Å². The Kier molecular flexibility index (Phi) is 2.87. The van der Waals surface area contributed by atoms with Crippen molar-refractivity contribution in [2.75, 3.05) is 0 Å². The molecule has 0 radical (unpaired) electrons. The van der Waals surface area contributed by atoms with E-state index >= 15 is 0 Å². The van der Waals surface area contributed by atoms with E-state index in [1.807, 2.05) is 30.3 Å². The SMILES string of the molecule is CC(=O)c1nc(-c2ccccc2)c(C(C)=O)o1. The van der Waals surface area contributed by atoms with Crippen molar-refractivity contribution in [3.05, 3.63) is 42.0 Å². The monoisotopic (exact) mass is 229 g/mol. The first kappa shape index (κ1) is 11.3. The predicted molar refractivity (Wildman–Crippen MR) is 61.9 cm³/mol. The maximum Gasteiger partial charge on any atom is 0.264 e. The standard InChI is InChI=1S/C13H11NO3/c1-8(15)12-11(10-6-4-3-5-7-10)14-13(17-12)9(2)16/h3-7H,1-2H3. The van der Waals surface area contributed by atoms with E-state index in [1.165, 1.54) is 13.8 Å². The highest BCUT2D eigenvalue weighted by Crippen LogP contribution is 2.24. The Morgan fingerprint density at radius 1 is 1.06 bits per heavy atom. The second-order valence-corrected chi connectivity index (χ2v) is 3.68. The molecule has 0 spiro atoms. The third-order valence-corrected chi connectivity index (χ3v) is 2.30. The molecular formula is C13H11NO3. The lowest BCUT2D eigenvalue weighted by molar-refractivity contribution is 0.0961. The topological polar surface area (TPSA) is 60.2 Å². The molecule has 0 N–H and O–H groups in total. The molecule has 0 unspecified atom stereocenters. The van der Waals surface area contributed by atoms with Crippen LogP contribution in [0.5, 0.6) is 0 Å². The first-order valence-electron chi connectivity index (χ1n) is 5.17. The number of rotatable bonds is 3. The molecule has 0 atom stereocenters. The van der Waals surface area contributed by atoms with Gasteiger partial charge in [-0.1, -0.05) is 30.3 Å². The quantitative estimate of drug-likeness (QED) is 0.759. The van der Waals surface area contributed by atoms with E-state index in [0.717, 1.165) is 5.56 Å². The van der Waals surface area contributed by atoms with E-state index in [-0.39, 0.29) is 23.2 Å². The van der Waals surface area contributed by atoms with Crippen LogP contribution in [0, 0.1) is 0 Å². The Hall–Kier alpha value is -2.23. The van der Waals surface area contributed by atoms with Crippen molar-refractivity contribution in [3.8, 4) is 11.3 Å². The van der Waals surface area contributed by atoms with E-state index in [2.05, 4.69) is 4.98 Å². The van der Waals surface area contributed by atoms with Crippen LogP contribution in [-0.4, -0.2) is 16.6 Å². The zero-order chi connectivity index (χ0) is 12.4. The number of aromatic nitrogens is 1. The highest BCUT2D eigenvalue weighted by Gasteiger charge is 2.20. The minimum atomic E-state index is -0.297. The van der Waals surface area contributed by atoms with Crippen molar-refractivity contribution in [2.24, 2.45) is 0 Å². The zero-order valence-electron chi connectivity index (χ0n) is 9.56. The zero-order valence-corrected chi connectivity index (χ0v) is 9.56. The Morgan fingerprint density at radius 3 is 2.24 bits per heavy atom. The van der Waals surface area contributed by atoms with Gasteiger partial charge < -0.3 is 4.42 Å². The van der Waals surface area contributed by atoms with Gasteiger partial charge >= 0.3 is 0 Å². The molecule has 4 nitrogen and oxygen atoms in total. The lowest BCUT2D eigenvalue weighted by atomic mass is 10.1. The number of Topliss-reactive ketones (excluding diaryl/α,β-unsaturated/α-hetero) is 2. The number of oxazole rings is 1. The van der Waals surface area contributed by atoms with Crippen LogP contribution in [0.1, 0.15) is 35.1 Å². The number of hydrogen-bond donors (Lipinski definition) is 0. The molecule has 4 heteroatoms. The second-order valence-electron chi connectivity index (χ2n) is 3.68. The molecule has 1 aromatic carbocycles. The summed E-state index contributed by atoms with van der Waals surface area (Å²) in [7, 11) is 0. The molecule has 0 amide bonds. The van der Waals surface area contributed by atoms with Crippen molar-refractivity contribution >= 4 is 11.6 Å². The summed E-state index contributed by atoms with van der Waals surface area (Å²) in [5.74, 6) is -0.450. The Bertz CT molecular complexity index is 570. The normalized spacial score (nSPS) is 10.2. The van der Waals surface area contributed by atoms with Gasteiger partial charge in [-0.05, 0) is 0 Å². The maximum absolute atomic E-state index is 11.4. The third-order valence-electron chi connectivity index (χ3n) is 2.30. The number of carbonyl (C=O) groups is 2. The molecule has 0 aliphatic heterocycles. The van der Waals surface area contributed by atoms with E-state index in [1.54, 1.807) is 0 Å². The van der Waals surface area contributed by atoms with Crippen LogP contribution in [0.25, 0.3) is 11.3 Å². The van der Waals surface area contributed by atoms with Crippen molar-refractivity contribution in [2.45, 2.75) is 13.8 Å². The summed E-state index contributed by atoms with van der Waals surface area (Å²) < 4.78 is 5.18. The molecule has 86 valence electrons. The van der Waals surface area contributed by atoms with Gasteiger partial charge in [-0.2, -0.15) is 0 Å². The van der Waals surface area contributed by atoms with Gasteiger partial charge in [0.1, 0.15) is 5.69 Å². The lowest BCUT2D eigenvalue weighted by Crippen LogP contribution is -1.92. The van der Waals surface area contributed by atoms with Gasteiger partial charge in [0.2, 0.25) is 5.78 Å². The molecule has 1 aromatic heterocycles. The van der Waals surface area contributed by atoms with Crippen molar-refractivity contribution in [1.82, 2.24) is 4.98 Å². The van der Waals surface area contributed by atoms with Crippen LogP contribution in [-0.2, 0) is 0 Å². The lowest BCUT2D eigenvalue weighted by Gasteiger charge is -1.96. The van der Waals surface area contributed by atoms with Crippen LogP contribution < -0.4 is 0 Å². The third kappa shape index (κ3) is 2.15. The summed E-state index contributed by atoms with van der Waals surface area (Å²) in [4.78, 5) is 26.7. The summed E-state index contributed by atoms with van der Waals surface area (Å²) >= 11 is 0. The number of hydrogen-bond acceptors (Lipinski definition) is 4. The summed E-state index contributed by atoms with van der Waals surface area (Å²) in [5, 5.41) is 0. The number of carbonyl (C=O) groups excluding carboxylic acids is 2. The maximum atomic E-state index is 11.4. The smallest absolute Gasteiger partial charge is 0.264 e. The fourth-order valence-electron chi connectivity index (χ4n) is 1.50. The minimum Gasteiger partial charge on any atom is -0.430 e. The Balaban J connectivity index is 2.60. The molecular weight excluding hydrogens is 218 g/mol. The first-order valence-corrected chi connectivity index (χ1v) is 5.17. The number of benzene rings is 1. The van der Waals surface area contributed by atoms with E-state index in [4.69, 9.17) is 4.42 Å². The molecule has 0 saturated heterocycles. The molecule has 0 aliphatic carbocycles. The van der Waals surface area contributed by atoms with Crippen molar-refractivity contribution in [3.63, 3.8) is 0 Å². The molecule has 1 heterocycles. The Morgan fingerprint density at radius 2 is 1.71 bits per heavy atom. The summed E-state index contributed by atoms with van der Waals surface area (Å²) in [6.07, 6.45) is 0. The van der Waals surface area contributed by atoms with E-state index < -0.39 is 0 Å². The highest BCUT2D eigenvalue weighted by atomic mass is 16.4. The predicted octanol–water partition coefficient (Wildman–Crippen LogP) is 2.75. The van der Waals surface area contributed by atoms with Crippen LogP contribution in [0.15, 0.2) is 34.7 Å². The molecule has 0 bridgehead atoms. The Labute approximate surface area is 98.3 Å². The van der Waals surface area contributed by atoms with Crippen molar-refractivity contribution in [1.29, 1.82) is 0 Å². The highest BCUT2D eigenvalue weighted by molar-refractivity contribution is 5.99. The fraction of sp³-hybridized carbons (Fsp3) is 0.154. The van der Waals surface area contributed by atoms with E-state index in [9.17, 15) is 9.59 Å². The fourth-order valence-corrected chi connectivity index (χ4v) is 1.50. The molecule has 17 heavy (non-hydrogen) atoms. The summed E-state index contributed by atoms with van der Waals surface area (Å²) in [6, 6.07) is 9.16. The van der Waals surface area contributed by atoms with Crippen LogP contribution >= 0.6 is 0 Å². The van der Waals surface area contributed by atoms with Gasteiger partial charge in [0, 0.05) is 19.4 Å². The molecule has 0 saturated carbocycles. The number of ketones is 2. The largest absolute Gasteiger partial charge is 0.430 e. The molecule has 0 aliphatic rings. The van der Waals surface area contributed by atoms with Gasteiger partial charge in [0.05, 0.1) is 0 Å². The second kappa shape index (κ2) is 4.33.